The molecule has 1 N–H and O–H groups in total. The van der Waals surface area contributed by atoms with Crippen LogP contribution in [-0.4, -0.2) is 18.6 Å². The van der Waals surface area contributed by atoms with E-state index in [2.05, 4.69) is 18.8 Å². The van der Waals surface area contributed by atoms with E-state index in [0.29, 0.717) is 19.0 Å². The number of esters is 1. The lowest BCUT2D eigenvalue weighted by Crippen LogP contribution is -2.45. The highest BCUT2D eigenvalue weighted by Crippen LogP contribution is 2.56. The third kappa shape index (κ3) is 3.20. The van der Waals surface area contributed by atoms with Crippen LogP contribution in [0.4, 0.5) is 4.39 Å². The van der Waals surface area contributed by atoms with Crippen LogP contribution in [0.5, 0.6) is 0 Å². The molecule has 2 saturated carbocycles. The number of halogens is 1. The molecule has 1 aromatic carbocycles. The molecule has 1 saturated heterocycles. The predicted octanol–water partition coefficient (Wildman–Crippen LogP) is 4.23. The summed E-state index contributed by atoms with van der Waals surface area (Å²) in [7, 11) is 0. The van der Waals surface area contributed by atoms with Crippen LogP contribution in [0.15, 0.2) is 36.4 Å². The molecule has 2 aliphatic carbocycles. The van der Waals surface area contributed by atoms with Crippen LogP contribution >= 0.6 is 0 Å². The van der Waals surface area contributed by atoms with E-state index >= 15 is 0 Å². The fourth-order valence-corrected chi connectivity index (χ4v) is 5.46. The van der Waals surface area contributed by atoms with Crippen LogP contribution in [0.3, 0.4) is 0 Å². The molecule has 3 nitrogen and oxygen atoms in total. The zero-order chi connectivity index (χ0) is 18.3. The molecular weight excluding hydrogens is 329 g/mol. The van der Waals surface area contributed by atoms with Crippen LogP contribution in [-0.2, 0) is 16.1 Å². The number of carbonyl (C=O) groups excluding carboxylic acids is 1. The summed E-state index contributed by atoms with van der Waals surface area (Å²) in [6, 6.07) is 6.48. The van der Waals surface area contributed by atoms with Crippen LogP contribution in [0.2, 0.25) is 0 Å². The van der Waals surface area contributed by atoms with Gasteiger partial charge < -0.3 is 10.1 Å². The molecule has 1 aromatic rings. The van der Waals surface area contributed by atoms with Gasteiger partial charge >= 0.3 is 5.97 Å². The molecular formula is C22H28FNO2. The summed E-state index contributed by atoms with van der Waals surface area (Å²) in [4.78, 5) is 12.5. The predicted molar refractivity (Wildman–Crippen MR) is 98.8 cm³/mol. The van der Waals surface area contributed by atoms with Crippen molar-refractivity contribution in [3.63, 3.8) is 0 Å². The molecule has 4 heteroatoms. The summed E-state index contributed by atoms with van der Waals surface area (Å²) in [5, 5.41) is 3.37. The van der Waals surface area contributed by atoms with Crippen molar-refractivity contribution >= 4 is 5.97 Å². The minimum atomic E-state index is -0.228. The van der Waals surface area contributed by atoms with Gasteiger partial charge in [0.15, 0.2) is 0 Å². The maximum Gasteiger partial charge on any atom is 0.310 e. The number of hydrogen-bond acceptors (Lipinski definition) is 3. The number of benzene rings is 1. The normalized spacial score (nSPS) is 36.4. The first kappa shape index (κ1) is 17.7. The molecule has 0 unspecified atom stereocenters. The van der Waals surface area contributed by atoms with E-state index in [0.717, 1.165) is 24.8 Å². The monoisotopic (exact) mass is 357 g/mol. The summed E-state index contributed by atoms with van der Waals surface area (Å²) in [6.45, 7) is 7.94. The summed E-state index contributed by atoms with van der Waals surface area (Å²) < 4.78 is 18.8. The molecule has 1 aliphatic heterocycles. The highest BCUT2D eigenvalue weighted by molar-refractivity contribution is 5.75. The molecule has 0 spiro atoms. The highest BCUT2D eigenvalue weighted by Gasteiger charge is 2.54. The van der Waals surface area contributed by atoms with Gasteiger partial charge in [-0.1, -0.05) is 31.2 Å². The van der Waals surface area contributed by atoms with Gasteiger partial charge in [0.2, 0.25) is 0 Å². The van der Waals surface area contributed by atoms with Crippen LogP contribution in [0.25, 0.3) is 0 Å². The van der Waals surface area contributed by atoms with Gasteiger partial charge in [0.05, 0.1) is 5.92 Å². The number of carbonyl (C=O) groups is 1. The molecule has 26 heavy (non-hydrogen) atoms. The Bertz CT molecular complexity index is 701. The Labute approximate surface area is 155 Å². The molecule has 140 valence electrons. The largest absolute Gasteiger partial charge is 0.462 e. The quantitative estimate of drug-likeness (QED) is 0.647. The van der Waals surface area contributed by atoms with E-state index in [1.165, 1.54) is 30.5 Å². The van der Waals surface area contributed by atoms with E-state index in [1.54, 1.807) is 12.1 Å². The maximum atomic E-state index is 13.0. The van der Waals surface area contributed by atoms with Crippen molar-refractivity contribution in [2.75, 3.05) is 6.54 Å². The second kappa shape index (κ2) is 6.80. The summed E-state index contributed by atoms with van der Waals surface area (Å²) in [6.07, 6.45) is 5.60. The Balaban J connectivity index is 1.40. The molecule has 0 bridgehead atoms. The van der Waals surface area contributed by atoms with Crippen molar-refractivity contribution in [3.8, 4) is 0 Å². The van der Waals surface area contributed by atoms with Gasteiger partial charge in [0.1, 0.15) is 11.9 Å². The standard InChI is InChI=1S/C22H28FNO2/c1-14-4-3-9-22(2)11-20-17(10-19(14)22)18(21(25)26-20)13-24-12-15-5-7-16(23)8-6-15/h5-8,17-20,24H,1,3-4,9-13H2,2H3/t17-,18+,19+,20+,22+/m0/s1. The van der Waals surface area contributed by atoms with Crippen molar-refractivity contribution in [2.45, 2.75) is 51.7 Å². The van der Waals surface area contributed by atoms with Crippen molar-refractivity contribution < 1.29 is 13.9 Å². The van der Waals surface area contributed by atoms with Crippen LogP contribution in [0, 0.1) is 29.0 Å². The Kier molecular flexibility index (Phi) is 4.64. The first-order valence-corrected chi connectivity index (χ1v) is 9.79. The maximum absolute atomic E-state index is 13.0. The first-order chi connectivity index (χ1) is 12.5. The molecule has 4 rings (SSSR count). The lowest BCUT2D eigenvalue weighted by molar-refractivity contribution is -0.146. The molecule has 0 amide bonds. The second-order valence-electron chi connectivity index (χ2n) is 8.66. The van der Waals surface area contributed by atoms with Crippen LogP contribution < -0.4 is 5.32 Å². The number of fused-ring (bicyclic) bond motifs is 2. The minimum Gasteiger partial charge on any atom is -0.462 e. The van der Waals surface area contributed by atoms with E-state index in [1.807, 2.05) is 0 Å². The summed E-state index contributed by atoms with van der Waals surface area (Å²) in [5.74, 6) is 0.441. The topological polar surface area (TPSA) is 38.3 Å². The molecule has 0 aromatic heterocycles. The Morgan fingerprint density at radius 1 is 1.35 bits per heavy atom. The van der Waals surface area contributed by atoms with Gasteiger partial charge in [-0.25, -0.2) is 4.39 Å². The first-order valence-electron chi connectivity index (χ1n) is 9.79. The Morgan fingerprint density at radius 3 is 2.88 bits per heavy atom. The zero-order valence-electron chi connectivity index (χ0n) is 15.5. The number of nitrogens with one attached hydrogen (secondary N) is 1. The molecule has 5 atom stereocenters. The van der Waals surface area contributed by atoms with Gasteiger partial charge in [-0.2, -0.15) is 0 Å². The van der Waals surface area contributed by atoms with Crippen molar-refractivity contribution in [1.82, 2.24) is 5.32 Å². The fourth-order valence-electron chi connectivity index (χ4n) is 5.46. The van der Waals surface area contributed by atoms with E-state index in [4.69, 9.17) is 4.74 Å². The van der Waals surface area contributed by atoms with Gasteiger partial charge in [-0.15, -0.1) is 0 Å². The molecule has 1 heterocycles. The average molecular weight is 357 g/mol. The lowest BCUT2D eigenvalue weighted by atomic mass is 9.55. The van der Waals surface area contributed by atoms with Gasteiger partial charge in [-0.3, -0.25) is 4.79 Å². The zero-order valence-corrected chi connectivity index (χ0v) is 15.5. The van der Waals surface area contributed by atoms with Gasteiger partial charge in [0, 0.05) is 19.0 Å². The average Bonchev–Trinajstić information content (AvgIpc) is 2.89. The summed E-state index contributed by atoms with van der Waals surface area (Å²) >= 11 is 0. The number of ether oxygens (including phenoxy) is 1. The van der Waals surface area contributed by atoms with Crippen molar-refractivity contribution in [2.24, 2.45) is 23.2 Å². The fraction of sp³-hybridized carbons (Fsp3) is 0.591. The minimum absolute atomic E-state index is 0.0561. The van der Waals surface area contributed by atoms with E-state index in [9.17, 15) is 9.18 Å². The Hall–Kier alpha value is -1.68. The molecule has 3 fully saturated rings. The lowest BCUT2D eigenvalue weighted by Gasteiger charge is -2.50. The Morgan fingerprint density at radius 2 is 2.12 bits per heavy atom. The van der Waals surface area contributed by atoms with Crippen molar-refractivity contribution in [1.29, 1.82) is 0 Å². The molecule has 3 aliphatic rings. The molecule has 0 radical (unpaired) electrons. The third-order valence-corrected chi connectivity index (χ3v) is 6.93. The SMILES string of the molecule is C=C1CCC[C@]2(C)C[C@H]3OC(=O)[C@H](CNCc4ccc(F)cc4)[C@@H]3C[C@H]12. The van der Waals surface area contributed by atoms with Crippen molar-refractivity contribution in [3.05, 3.63) is 47.8 Å². The smallest absolute Gasteiger partial charge is 0.310 e. The van der Waals surface area contributed by atoms with Crippen LogP contribution in [0.1, 0.15) is 44.6 Å². The third-order valence-electron chi connectivity index (χ3n) is 6.93. The van der Waals surface area contributed by atoms with E-state index < -0.39 is 0 Å². The highest BCUT2D eigenvalue weighted by atomic mass is 19.1. The van der Waals surface area contributed by atoms with E-state index in [-0.39, 0.29) is 35.1 Å². The summed E-state index contributed by atoms with van der Waals surface area (Å²) in [5.41, 5.74) is 2.63. The van der Waals surface area contributed by atoms with Gasteiger partial charge in [-0.05, 0) is 61.1 Å². The van der Waals surface area contributed by atoms with Gasteiger partial charge in [0.25, 0.3) is 0 Å². The second-order valence-corrected chi connectivity index (χ2v) is 8.66. The number of rotatable bonds is 4. The number of hydrogen-bond donors (Lipinski definition) is 1. The number of allylic oxidation sites excluding steroid dienone is 1.